The second-order valence-electron chi connectivity index (χ2n) is 11.8. The van der Waals surface area contributed by atoms with Gasteiger partial charge in [-0.25, -0.2) is 0 Å². The highest BCUT2D eigenvalue weighted by atomic mass is 16.5. The van der Waals surface area contributed by atoms with Crippen molar-refractivity contribution in [3.63, 3.8) is 0 Å². The fraction of sp³-hybridized carbons (Fsp3) is 0.516. The third-order valence-corrected chi connectivity index (χ3v) is 8.84. The van der Waals surface area contributed by atoms with Gasteiger partial charge in [-0.2, -0.15) is 0 Å². The van der Waals surface area contributed by atoms with Gasteiger partial charge < -0.3 is 25.6 Å². The first-order valence-electron chi connectivity index (χ1n) is 14.0. The van der Waals surface area contributed by atoms with Gasteiger partial charge >= 0.3 is 0 Å². The summed E-state index contributed by atoms with van der Waals surface area (Å²) in [7, 11) is 3.34. The van der Waals surface area contributed by atoms with Gasteiger partial charge in [0.2, 0.25) is 17.7 Å². The number of nitrogens with zero attached hydrogens (tertiary/aromatic N) is 1. The van der Waals surface area contributed by atoms with Crippen LogP contribution in [0, 0.1) is 5.41 Å². The molecule has 5 rings (SSSR count). The number of carbonyl (C=O) groups is 3. The predicted octanol–water partition coefficient (Wildman–Crippen LogP) is 3.21. The smallest absolute Gasteiger partial charge is 0.246 e. The summed E-state index contributed by atoms with van der Waals surface area (Å²) in [4.78, 5) is 43.0. The minimum atomic E-state index is -0.773. The van der Waals surface area contributed by atoms with E-state index in [1.165, 1.54) is 5.56 Å². The lowest BCUT2D eigenvalue weighted by molar-refractivity contribution is -0.145. The maximum absolute atomic E-state index is 14.3. The van der Waals surface area contributed by atoms with Crippen molar-refractivity contribution in [2.75, 3.05) is 14.2 Å². The Labute approximate surface area is 230 Å². The summed E-state index contributed by atoms with van der Waals surface area (Å²) in [6.07, 6.45) is 3.87. The van der Waals surface area contributed by atoms with Crippen LogP contribution in [0.3, 0.4) is 0 Å². The zero-order valence-corrected chi connectivity index (χ0v) is 23.5. The number of methoxy groups -OCH3 is 1. The molecule has 0 spiro atoms. The van der Waals surface area contributed by atoms with Crippen LogP contribution >= 0.6 is 0 Å². The molecule has 39 heavy (non-hydrogen) atoms. The van der Waals surface area contributed by atoms with E-state index in [0.717, 1.165) is 36.0 Å². The topological polar surface area (TPSA) is 99.8 Å². The Morgan fingerprint density at radius 1 is 1.05 bits per heavy atom. The fourth-order valence-electron chi connectivity index (χ4n) is 6.66. The molecular formula is C31H40N4O4. The number of hydrogen-bond donors (Lipinski definition) is 3. The van der Waals surface area contributed by atoms with Gasteiger partial charge in [-0.1, -0.05) is 44.2 Å². The Balaban J connectivity index is 1.52. The maximum Gasteiger partial charge on any atom is 0.246 e. The first-order chi connectivity index (χ1) is 18.6. The second-order valence-corrected chi connectivity index (χ2v) is 11.8. The molecular weight excluding hydrogens is 492 g/mol. The van der Waals surface area contributed by atoms with Gasteiger partial charge in [0.15, 0.2) is 0 Å². The SMILES string of the molecule is CN[C@@H](C)C(=O)NC1Cc2ccc(OC)cc2C2CC(C)(C)C(C(=O)N[C@@H]3CCCc4ccccc43)N2C1=O. The number of rotatable bonds is 6. The van der Waals surface area contributed by atoms with Gasteiger partial charge in [-0.15, -0.1) is 0 Å². The van der Waals surface area contributed by atoms with E-state index in [1.54, 1.807) is 26.0 Å². The van der Waals surface area contributed by atoms with Crippen LogP contribution < -0.4 is 20.7 Å². The quantitative estimate of drug-likeness (QED) is 0.531. The van der Waals surface area contributed by atoms with Gasteiger partial charge in [0.05, 0.1) is 25.2 Å². The summed E-state index contributed by atoms with van der Waals surface area (Å²) in [5.41, 5.74) is 3.91. The second kappa shape index (κ2) is 10.6. The molecule has 5 atom stereocenters. The lowest BCUT2D eigenvalue weighted by atomic mass is 9.81. The third-order valence-electron chi connectivity index (χ3n) is 8.84. The van der Waals surface area contributed by atoms with Crippen molar-refractivity contribution in [3.05, 3.63) is 64.7 Å². The van der Waals surface area contributed by atoms with Crippen LogP contribution in [0.25, 0.3) is 0 Å². The molecule has 1 fully saturated rings. The molecule has 1 saturated heterocycles. The first kappa shape index (κ1) is 27.2. The number of benzene rings is 2. The lowest BCUT2D eigenvalue weighted by Crippen LogP contribution is -2.57. The highest BCUT2D eigenvalue weighted by Crippen LogP contribution is 2.50. The molecule has 3 unspecified atom stereocenters. The van der Waals surface area contributed by atoms with Crippen LogP contribution in [0.15, 0.2) is 42.5 Å². The fourth-order valence-corrected chi connectivity index (χ4v) is 6.66. The van der Waals surface area contributed by atoms with Crippen molar-refractivity contribution in [1.29, 1.82) is 0 Å². The van der Waals surface area contributed by atoms with E-state index in [9.17, 15) is 14.4 Å². The number of aryl methyl sites for hydroxylation is 1. The van der Waals surface area contributed by atoms with E-state index >= 15 is 0 Å². The summed E-state index contributed by atoms with van der Waals surface area (Å²) < 4.78 is 5.53. The molecule has 208 valence electrons. The lowest BCUT2D eigenvalue weighted by Gasteiger charge is -2.36. The summed E-state index contributed by atoms with van der Waals surface area (Å²) in [5, 5.41) is 9.23. The molecule has 0 aromatic heterocycles. The van der Waals surface area contributed by atoms with Crippen LogP contribution in [-0.4, -0.2) is 54.9 Å². The van der Waals surface area contributed by atoms with E-state index in [2.05, 4.69) is 41.9 Å². The Morgan fingerprint density at radius 2 is 1.82 bits per heavy atom. The van der Waals surface area contributed by atoms with Gasteiger partial charge in [0.1, 0.15) is 17.8 Å². The molecule has 8 heteroatoms. The highest BCUT2D eigenvalue weighted by molar-refractivity contribution is 5.95. The molecule has 2 aliphatic heterocycles. The van der Waals surface area contributed by atoms with Gasteiger partial charge in [-0.3, -0.25) is 14.4 Å². The number of carbonyl (C=O) groups excluding carboxylic acids is 3. The zero-order chi connectivity index (χ0) is 27.9. The van der Waals surface area contributed by atoms with Crippen LogP contribution in [0.5, 0.6) is 5.75 Å². The van der Waals surface area contributed by atoms with Gasteiger partial charge in [-0.05, 0) is 79.5 Å². The largest absolute Gasteiger partial charge is 0.497 e. The third kappa shape index (κ3) is 5.02. The molecule has 0 radical (unpaired) electrons. The molecule has 3 aliphatic rings. The maximum atomic E-state index is 14.3. The highest BCUT2D eigenvalue weighted by Gasteiger charge is 2.55. The van der Waals surface area contributed by atoms with Crippen molar-refractivity contribution in [3.8, 4) is 5.75 Å². The van der Waals surface area contributed by atoms with Crippen LogP contribution in [-0.2, 0) is 27.2 Å². The van der Waals surface area contributed by atoms with Crippen molar-refractivity contribution in [2.45, 2.75) is 83.1 Å². The number of ether oxygens (including phenoxy) is 1. The monoisotopic (exact) mass is 532 g/mol. The molecule has 1 aliphatic carbocycles. The summed E-state index contributed by atoms with van der Waals surface area (Å²) in [6, 6.07) is 11.8. The van der Waals surface area contributed by atoms with E-state index in [-0.39, 0.29) is 29.8 Å². The van der Waals surface area contributed by atoms with Crippen LogP contribution in [0.1, 0.15) is 74.4 Å². The molecule has 3 N–H and O–H groups in total. The van der Waals surface area contributed by atoms with Crippen LogP contribution in [0.2, 0.25) is 0 Å². The molecule has 2 aromatic carbocycles. The Hall–Kier alpha value is -3.39. The number of amides is 3. The summed E-state index contributed by atoms with van der Waals surface area (Å²) in [6.45, 7) is 5.88. The van der Waals surface area contributed by atoms with Crippen molar-refractivity contribution >= 4 is 17.7 Å². The van der Waals surface area contributed by atoms with Crippen molar-refractivity contribution in [2.24, 2.45) is 5.41 Å². The van der Waals surface area contributed by atoms with Crippen LogP contribution in [0.4, 0.5) is 0 Å². The zero-order valence-electron chi connectivity index (χ0n) is 23.5. The van der Waals surface area contributed by atoms with E-state index in [4.69, 9.17) is 4.74 Å². The Kier molecular flexibility index (Phi) is 7.42. The standard InChI is InChI=1S/C31H40N4O4/c1-18(32-4)28(36)34-25-15-20-13-14-21(39-5)16-23(20)26-17-31(2,3)27(35(26)30(25)38)29(37)33-24-12-8-10-19-9-6-7-11-22(19)24/h6-7,9,11,13-14,16,18,24-27,32H,8,10,12,15,17H2,1-5H3,(H,33,37)(H,34,36)/t18-,24+,25?,26?,27?/m0/s1. The molecule has 8 nitrogen and oxygen atoms in total. The van der Waals surface area contributed by atoms with E-state index in [1.807, 2.05) is 30.3 Å². The molecule has 0 saturated carbocycles. The number of likely N-dealkylation sites (N-methyl/N-ethyl adjacent to an activating group) is 1. The van der Waals surface area contributed by atoms with Gasteiger partial charge in [0.25, 0.3) is 0 Å². The minimum absolute atomic E-state index is 0.0845. The normalized spacial score (nSPS) is 26.0. The number of nitrogens with one attached hydrogen (secondary N) is 3. The first-order valence-corrected chi connectivity index (χ1v) is 14.0. The average molecular weight is 533 g/mol. The molecule has 3 amide bonds. The predicted molar refractivity (Wildman–Crippen MR) is 149 cm³/mol. The van der Waals surface area contributed by atoms with Crippen molar-refractivity contribution < 1.29 is 19.1 Å². The molecule has 2 heterocycles. The van der Waals surface area contributed by atoms with E-state index < -0.39 is 23.5 Å². The number of hydrogen-bond acceptors (Lipinski definition) is 5. The number of fused-ring (bicyclic) bond motifs is 4. The Bertz CT molecular complexity index is 1270. The Morgan fingerprint density at radius 3 is 2.56 bits per heavy atom. The summed E-state index contributed by atoms with van der Waals surface area (Å²) in [5.74, 6) is 0.0961. The molecule has 2 aromatic rings. The van der Waals surface area contributed by atoms with Crippen molar-refractivity contribution in [1.82, 2.24) is 20.9 Å². The van der Waals surface area contributed by atoms with E-state index in [0.29, 0.717) is 18.6 Å². The minimum Gasteiger partial charge on any atom is -0.497 e. The summed E-state index contributed by atoms with van der Waals surface area (Å²) >= 11 is 0. The van der Waals surface area contributed by atoms with Gasteiger partial charge in [0, 0.05) is 6.42 Å². The average Bonchev–Trinajstić information content (AvgIpc) is 3.17. The molecule has 0 bridgehead atoms.